The molecule has 0 aromatic heterocycles. The Morgan fingerprint density at radius 1 is 1.03 bits per heavy atom. The fourth-order valence-corrected chi connectivity index (χ4v) is 6.13. The molecule has 0 fully saturated rings. The molecule has 0 saturated heterocycles. The number of nitrogens with zero attached hydrogens (tertiary/aromatic N) is 2. The molecule has 0 saturated carbocycles. The summed E-state index contributed by atoms with van der Waals surface area (Å²) in [6.45, 7) is 20.5. The number of likely N-dealkylation sites (N-methyl/N-ethyl adjacent to an activating group) is 1. The van der Waals surface area contributed by atoms with Crippen LogP contribution < -0.4 is 15.1 Å². The third-order valence-corrected chi connectivity index (χ3v) is 8.41. The van der Waals surface area contributed by atoms with Gasteiger partial charge in [-0.1, -0.05) is 44.2 Å². The van der Waals surface area contributed by atoms with Gasteiger partial charge in [-0.3, -0.25) is 0 Å². The lowest BCUT2D eigenvalue weighted by Gasteiger charge is -2.25. The molecular weight excluding hydrogens is 467 g/mol. The zero-order chi connectivity index (χ0) is 26.5. The fourth-order valence-electron chi connectivity index (χ4n) is 5.57. The van der Waals surface area contributed by atoms with Crippen LogP contribution in [0.2, 0.25) is 0 Å². The Labute approximate surface area is 215 Å². The van der Waals surface area contributed by atoms with Gasteiger partial charge in [-0.05, 0) is 70.0 Å². The van der Waals surface area contributed by atoms with Crippen LogP contribution in [0.3, 0.4) is 0 Å². The van der Waals surface area contributed by atoms with Gasteiger partial charge < -0.3 is 19.3 Å². The van der Waals surface area contributed by atoms with Gasteiger partial charge in [0.15, 0.2) is 13.3 Å². The quantitative estimate of drug-likeness (QED) is 0.338. The molecule has 1 N–H and O–H groups in total. The van der Waals surface area contributed by atoms with Crippen LogP contribution in [0.5, 0.6) is 0 Å². The Hall–Kier alpha value is -2.72. The molecule has 2 radical (unpaired) electrons. The molecule has 4 rings (SSSR count). The van der Waals surface area contributed by atoms with E-state index in [0.29, 0.717) is 0 Å². The number of benzene rings is 2. The van der Waals surface area contributed by atoms with E-state index < -0.39 is 13.0 Å². The van der Waals surface area contributed by atoms with Crippen molar-refractivity contribution in [3.63, 3.8) is 0 Å². The highest BCUT2D eigenvalue weighted by molar-refractivity contribution is 7.58. The number of hydrogen-bond donors (Lipinski definition) is 1. The monoisotopic (exact) mass is 502 g/mol. The van der Waals surface area contributed by atoms with E-state index in [1.807, 2.05) is 18.2 Å². The second kappa shape index (κ2) is 9.30. The van der Waals surface area contributed by atoms with Gasteiger partial charge >= 0.3 is 0 Å². The van der Waals surface area contributed by atoms with E-state index in [1.54, 1.807) is 12.1 Å². The minimum atomic E-state index is -4.56. The van der Waals surface area contributed by atoms with Crippen molar-refractivity contribution in [3.8, 4) is 0 Å². The maximum atomic E-state index is 11.7. The highest BCUT2D eigenvalue weighted by Crippen LogP contribution is 2.48. The highest BCUT2D eigenvalue weighted by atomic mass is 31.2. The van der Waals surface area contributed by atoms with Crippen molar-refractivity contribution < 1.29 is 18.9 Å². The summed E-state index contributed by atoms with van der Waals surface area (Å²) in [5.74, 6) is 0. The van der Waals surface area contributed by atoms with E-state index in [9.17, 15) is 14.4 Å². The number of hydrogen-bond acceptors (Lipinski definition) is 3. The highest BCUT2D eigenvalue weighted by Gasteiger charge is 2.44. The van der Waals surface area contributed by atoms with Gasteiger partial charge in [0, 0.05) is 46.4 Å². The van der Waals surface area contributed by atoms with Gasteiger partial charge in [-0.15, -0.1) is 0 Å². The summed E-state index contributed by atoms with van der Waals surface area (Å²) in [6.07, 6.45) is 10.4. The Morgan fingerprint density at radius 2 is 1.75 bits per heavy atom. The van der Waals surface area contributed by atoms with Crippen molar-refractivity contribution in [3.05, 3.63) is 96.1 Å². The minimum absolute atomic E-state index is 0.0514. The average molecular weight is 503 g/mol. The Bertz CT molecular complexity index is 1370. The minimum Gasteiger partial charge on any atom is -0.775 e. The fraction of sp³-hybridized carbons (Fsp3) is 0.333. The molecule has 2 heterocycles. The zero-order valence-electron chi connectivity index (χ0n) is 21.9. The van der Waals surface area contributed by atoms with Crippen LogP contribution in [-0.4, -0.2) is 28.3 Å². The third kappa shape index (κ3) is 4.34. The zero-order valence-corrected chi connectivity index (χ0v) is 22.8. The Kier molecular flexibility index (Phi) is 6.81. The van der Waals surface area contributed by atoms with Gasteiger partial charge in [0.2, 0.25) is 5.69 Å². The third-order valence-electron chi connectivity index (χ3n) is 7.48. The van der Waals surface area contributed by atoms with Gasteiger partial charge in [0.1, 0.15) is 6.54 Å². The lowest BCUT2D eigenvalue weighted by molar-refractivity contribution is -0.433. The largest absolute Gasteiger partial charge is 0.775 e. The van der Waals surface area contributed by atoms with Gasteiger partial charge in [0.05, 0.1) is 5.41 Å². The predicted molar refractivity (Wildman–Crippen MR) is 147 cm³/mol. The SMILES string of the molecule is [CH]c1ccc2c(c1)C(C)(C)\C(=C/C=C/C=C/C1=[N+](CC)c3ccc(P(=O)([O-])O)cc3C1(C)C)N2CC. The topological polar surface area (TPSA) is 66.6 Å². The lowest BCUT2D eigenvalue weighted by Crippen LogP contribution is -2.28. The van der Waals surface area contributed by atoms with Crippen molar-refractivity contribution in [2.24, 2.45) is 0 Å². The molecule has 2 aromatic carbocycles. The number of anilines is 1. The molecule has 188 valence electrons. The predicted octanol–water partition coefficient (Wildman–Crippen LogP) is 5.13. The van der Waals surface area contributed by atoms with E-state index in [-0.39, 0.29) is 10.7 Å². The first-order valence-electron chi connectivity index (χ1n) is 12.4. The van der Waals surface area contributed by atoms with E-state index in [0.717, 1.165) is 35.6 Å². The van der Waals surface area contributed by atoms with Crippen LogP contribution in [0.4, 0.5) is 11.4 Å². The lowest BCUT2D eigenvalue weighted by atomic mass is 9.81. The molecule has 0 aliphatic carbocycles. The second-order valence-electron chi connectivity index (χ2n) is 10.4. The normalized spacial score (nSPS) is 21.0. The van der Waals surface area contributed by atoms with Gasteiger partial charge in [-0.2, -0.15) is 4.58 Å². The molecular formula is C30H35N2O3P. The number of rotatable bonds is 6. The second-order valence-corrected chi connectivity index (χ2v) is 12.0. The van der Waals surface area contributed by atoms with Crippen LogP contribution in [-0.2, 0) is 15.4 Å². The van der Waals surface area contributed by atoms with Gasteiger partial charge in [-0.25, -0.2) is 0 Å². The molecule has 0 spiro atoms. The smallest absolute Gasteiger partial charge is 0.209 e. The Balaban J connectivity index is 1.63. The molecule has 36 heavy (non-hydrogen) atoms. The molecule has 1 atom stereocenters. The van der Waals surface area contributed by atoms with Crippen LogP contribution in [0.1, 0.15) is 58.2 Å². The maximum Gasteiger partial charge on any atom is 0.209 e. The summed E-state index contributed by atoms with van der Waals surface area (Å²) in [7, 11) is -4.56. The molecule has 1 unspecified atom stereocenters. The van der Waals surface area contributed by atoms with Crippen molar-refractivity contribution in [1.29, 1.82) is 0 Å². The molecule has 2 aromatic rings. The van der Waals surface area contributed by atoms with Crippen molar-refractivity contribution in [2.75, 3.05) is 18.0 Å². The van der Waals surface area contributed by atoms with E-state index in [4.69, 9.17) is 6.92 Å². The van der Waals surface area contributed by atoms with Crippen molar-refractivity contribution in [2.45, 2.75) is 52.4 Å². The standard InChI is InChI=1S/C30H35N2O3P/c1-8-31-25-17-15-21(3)19-23(25)29(4,5)27(31)13-11-10-12-14-28-30(6,7)24-20-22(36(33,34)35)16-18-26(24)32(28)9-2/h3,10-20H,8-9H2,1-2,4-7H3,(H-,33,34,35). The molecule has 6 heteroatoms. The summed E-state index contributed by atoms with van der Waals surface area (Å²) in [5, 5.41) is -0.0514. The first-order chi connectivity index (χ1) is 16.8. The van der Waals surface area contributed by atoms with Crippen LogP contribution in [0.25, 0.3) is 0 Å². The number of fused-ring (bicyclic) bond motifs is 2. The van der Waals surface area contributed by atoms with Crippen LogP contribution in [0.15, 0.2) is 72.5 Å². The molecule has 2 aliphatic rings. The average Bonchev–Trinajstić information content (AvgIpc) is 3.16. The molecule has 0 bridgehead atoms. The Morgan fingerprint density at radius 3 is 2.39 bits per heavy atom. The van der Waals surface area contributed by atoms with E-state index >= 15 is 0 Å². The number of allylic oxidation sites excluding steroid dienone is 6. The summed E-state index contributed by atoms with van der Waals surface area (Å²) < 4.78 is 13.9. The van der Waals surface area contributed by atoms with Gasteiger partial charge in [0.25, 0.3) is 0 Å². The summed E-state index contributed by atoms with van der Waals surface area (Å²) in [6, 6.07) is 11.0. The van der Waals surface area contributed by atoms with Crippen molar-refractivity contribution in [1.82, 2.24) is 0 Å². The van der Waals surface area contributed by atoms with Crippen LogP contribution in [0, 0.1) is 6.92 Å². The molecule has 5 nitrogen and oxygen atoms in total. The first-order valence-corrected chi connectivity index (χ1v) is 14.0. The summed E-state index contributed by atoms with van der Waals surface area (Å²) >= 11 is 0. The first kappa shape index (κ1) is 26.3. The van der Waals surface area contributed by atoms with E-state index in [1.165, 1.54) is 23.0 Å². The molecule has 0 amide bonds. The summed E-state index contributed by atoms with van der Waals surface area (Å²) in [5.41, 5.74) is 6.82. The summed E-state index contributed by atoms with van der Waals surface area (Å²) in [4.78, 5) is 23.6. The maximum absolute atomic E-state index is 11.7. The molecule has 2 aliphatic heterocycles. The van der Waals surface area contributed by atoms with Crippen LogP contribution >= 0.6 is 7.60 Å². The van der Waals surface area contributed by atoms with E-state index in [2.05, 4.69) is 81.4 Å². The van der Waals surface area contributed by atoms with Crippen molar-refractivity contribution >= 4 is 30.0 Å².